The molecule has 0 bridgehead atoms. The van der Waals surface area contributed by atoms with E-state index in [4.69, 9.17) is 10.00 Å². The van der Waals surface area contributed by atoms with E-state index in [0.717, 1.165) is 25.3 Å². The van der Waals surface area contributed by atoms with Crippen LogP contribution in [0.2, 0.25) is 0 Å². The summed E-state index contributed by atoms with van der Waals surface area (Å²) in [6.07, 6.45) is 2.69. The van der Waals surface area contributed by atoms with Gasteiger partial charge < -0.3 is 15.0 Å². The second-order valence-electron chi connectivity index (χ2n) is 5.06. The van der Waals surface area contributed by atoms with Gasteiger partial charge in [0.15, 0.2) is 6.10 Å². The van der Waals surface area contributed by atoms with Crippen LogP contribution in [0.25, 0.3) is 0 Å². The molecule has 0 amide bonds. The van der Waals surface area contributed by atoms with Gasteiger partial charge in [0.05, 0.1) is 19.2 Å². The Kier molecular flexibility index (Phi) is 5.33. The molecule has 0 aromatic carbocycles. The summed E-state index contributed by atoms with van der Waals surface area (Å²) in [4.78, 5) is 6.62. The van der Waals surface area contributed by atoms with Crippen molar-refractivity contribution in [2.45, 2.75) is 32.4 Å². The lowest BCUT2D eigenvalue weighted by atomic mass is 10.1. The van der Waals surface area contributed by atoms with E-state index in [0.29, 0.717) is 19.2 Å². The van der Waals surface area contributed by atoms with Gasteiger partial charge in [-0.25, -0.2) is 4.98 Å². The van der Waals surface area contributed by atoms with Crippen LogP contribution in [0.5, 0.6) is 0 Å². The minimum Gasteiger partial charge on any atom is -0.360 e. The van der Waals surface area contributed by atoms with Crippen molar-refractivity contribution < 1.29 is 4.74 Å². The lowest BCUT2D eigenvalue weighted by molar-refractivity contribution is 0.0761. The number of pyridine rings is 1. The van der Waals surface area contributed by atoms with Gasteiger partial charge in [0.1, 0.15) is 5.82 Å². The van der Waals surface area contributed by atoms with Crippen molar-refractivity contribution in [3.8, 4) is 6.07 Å². The molecule has 5 heteroatoms. The van der Waals surface area contributed by atoms with E-state index in [-0.39, 0.29) is 6.10 Å². The van der Waals surface area contributed by atoms with Crippen molar-refractivity contribution in [2.24, 2.45) is 0 Å². The zero-order valence-corrected chi connectivity index (χ0v) is 12.2. The van der Waals surface area contributed by atoms with Crippen LogP contribution >= 0.6 is 0 Å². The fraction of sp³-hybridized carbons (Fsp3) is 0.600. The first-order chi connectivity index (χ1) is 9.74. The number of nitrogens with zero attached hydrogens (tertiary/aromatic N) is 3. The first-order valence-electron chi connectivity index (χ1n) is 7.20. The molecule has 5 nitrogen and oxygen atoms in total. The molecule has 1 aromatic rings. The van der Waals surface area contributed by atoms with Gasteiger partial charge in [-0.05, 0) is 31.5 Å². The largest absolute Gasteiger partial charge is 0.360 e. The Morgan fingerprint density at radius 1 is 1.60 bits per heavy atom. The van der Waals surface area contributed by atoms with Gasteiger partial charge in [-0.15, -0.1) is 0 Å². The molecule has 1 aliphatic heterocycles. The fourth-order valence-electron chi connectivity index (χ4n) is 2.25. The predicted molar refractivity (Wildman–Crippen MR) is 78.5 cm³/mol. The summed E-state index contributed by atoms with van der Waals surface area (Å²) in [5.74, 6) is 0.917. The highest BCUT2D eigenvalue weighted by Crippen LogP contribution is 2.18. The summed E-state index contributed by atoms with van der Waals surface area (Å²) < 4.78 is 5.34. The zero-order chi connectivity index (χ0) is 14.4. The van der Waals surface area contributed by atoms with Crippen LogP contribution in [0.3, 0.4) is 0 Å². The molecule has 0 radical (unpaired) electrons. The molecule has 1 fully saturated rings. The van der Waals surface area contributed by atoms with Gasteiger partial charge in [0.25, 0.3) is 0 Å². The molecular formula is C15H22N4O. The van der Waals surface area contributed by atoms with Crippen molar-refractivity contribution in [1.29, 1.82) is 5.26 Å². The summed E-state index contributed by atoms with van der Waals surface area (Å²) in [7, 11) is 0. The molecule has 0 aliphatic carbocycles. The van der Waals surface area contributed by atoms with E-state index < -0.39 is 0 Å². The van der Waals surface area contributed by atoms with Crippen molar-refractivity contribution >= 4 is 5.82 Å². The number of hydrogen-bond acceptors (Lipinski definition) is 5. The standard InChI is InChI=1S/C15H22N4O/c1-3-6-17-12(2)13-4-5-15(18-10-13)19-7-8-20-14(9-16)11-19/h4-5,10,12,14,17H,3,6-8,11H2,1-2H3. The zero-order valence-electron chi connectivity index (χ0n) is 12.2. The maximum atomic E-state index is 8.92. The van der Waals surface area contributed by atoms with E-state index in [1.54, 1.807) is 0 Å². The fourth-order valence-corrected chi connectivity index (χ4v) is 2.25. The SMILES string of the molecule is CCCNC(C)c1ccc(N2CCOC(C#N)C2)nc1. The molecular weight excluding hydrogens is 252 g/mol. The van der Waals surface area contributed by atoms with Crippen LogP contribution in [0.4, 0.5) is 5.82 Å². The Balaban J connectivity index is 1.99. The molecule has 2 rings (SSSR count). The van der Waals surface area contributed by atoms with Gasteiger partial charge >= 0.3 is 0 Å². The summed E-state index contributed by atoms with van der Waals surface area (Å²) in [6.45, 7) is 7.27. The maximum absolute atomic E-state index is 8.92. The van der Waals surface area contributed by atoms with Crippen molar-refractivity contribution in [2.75, 3.05) is 31.1 Å². The van der Waals surface area contributed by atoms with Crippen LogP contribution in [-0.2, 0) is 4.74 Å². The topological polar surface area (TPSA) is 61.2 Å². The maximum Gasteiger partial charge on any atom is 0.161 e. The minimum atomic E-state index is -0.352. The Bertz CT molecular complexity index is 454. The summed E-state index contributed by atoms with van der Waals surface area (Å²) >= 11 is 0. The van der Waals surface area contributed by atoms with E-state index in [2.05, 4.69) is 41.2 Å². The highest BCUT2D eigenvalue weighted by Gasteiger charge is 2.20. The van der Waals surface area contributed by atoms with Crippen LogP contribution in [0, 0.1) is 11.3 Å². The molecule has 1 N–H and O–H groups in total. The second-order valence-corrected chi connectivity index (χ2v) is 5.06. The normalized spacial score (nSPS) is 20.4. The molecule has 2 atom stereocenters. The Hall–Kier alpha value is -1.64. The smallest absolute Gasteiger partial charge is 0.161 e. The van der Waals surface area contributed by atoms with Crippen LogP contribution in [0.15, 0.2) is 18.3 Å². The second kappa shape index (κ2) is 7.22. The first-order valence-corrected chi connectivity index (χ1v) is 7.20. The van der Waals surface area contributed by atoms with E-state index >= 15 is 0 Å². The Morgan fingerprint density at radius 2 is 2.45 bits per heavy atom. The number of rotatable bonds is 5. The predicted octanol–water partition coefficient (Wildman–Crippen LogP) is 1.87. The molecule has 0 saturated carbocycles. The third-order valence-electron chi connectivity index (χ3n) is 3.51. The highest BCUT2D eigenvalue weighted by molar-refractivity contribution is 5.40. The number of anilines is 1. The molecule has 1 aromatic heterocycles. The first kappa shape index (κ1) is 14.8. The Morgan fingerprint density at radius 3 is 3.10 bits per heavy atom. The molecule has 108 valence electrons. The van der Waals surface area contributed by atoms with Gasteiger partial charge in [0.2, 0.25) is 0 Å². The average molecular weight is 274 g/mol. The van der Waals surface area contributed by atoms with Gasteiger partial charge in [-0.3, -0.25) is 0 Å². The molecule has 1 saturated heterocycles. The van der Waals surface area contributed by atoms with Crippen molar-refractivity contribution in [3.63, 3.8) is 0 Å². The lowest BCUT2D eigenvalue weighted by Crippen LogP contribution is -2.42. The summed E-state index contributed by atoms with van der Waals surface area (Å²) in [5, 5.41) is 12.4. The van der Waals surface area contributed by atoms with Gasteiger partial charge in [-0.1, -0.05) is 13.0 Å². The molecule has 1 aliphatic rings. The number of hydrogen-bond donors (Lipinski definition) is 1. The monoisotopic (exact) mass is 274 g/mol. The number of aromatic nitrogens is 1. The van der Waals surface area contributed by atoms with Crippen LogP contribution in [-0.4, -0.2) is 37.3 Å². The Labute approximate surface area is 120 Å². The third-order valence-corrected chi connectivity index (χ3v) is 3.51. The molecule has 20 heavy (non-hydrogen) atoms. The third kappa shape index (κ3) is 3.69. The van der Waals surface area contributed by atoms with E-state index in [9.17, 15) is 0 Å². The van der Waals surface area contributed by atoms with E-state index in [1.807, 2.05) is 12.3 Å². The molecule has 2 heterocycles. The molecule has 2 unspecified atom stereocenters. The quantitative estimate of drug-likeness (QED) is 0.888. The van der Waals surface area contributed by atoms with Crippen LogP contribution in [0.1, 0.15) is 31.9 Å². The lowest BCUT2D eigenvalue weighted by Gasteiger charge is -2.30. The summed E-state index contributed by atoms with van der Waals surface area (Å²) in [5.41, 5.74) is 1.19. The minimum absolute atomic E-state index is 0.313. The van der Waals surface area contributed by atoms with Crippen molar-refractivity contribution in [3.05, 3.63) is 23.9 Å². The van der Waals surface area contributed by atoms with Gasteiger partial charge in [0, 0.05) is 18.8 Å². The number of ether oxygens (including phenoxy) is 1. The van der Waals surface area contributed by atoms with Crippen LogP contribution < -0.4 is 10.2 Å². The van der Waals surface area contributed by atoms with E-state index in [1.165, 1.54) is 5.56 Å². The number of nitrogens with one attached hydrogen (secondary N) is 1. The number of morpholine rings is 1. The summed E-state index contributed by atoms with van der Waals surface area (Å²) in [6, 6.07) is 6.60. The van der Waals surface area contributed by atoms with Gasteiger partial charge in [-0.2, -0.15) is 5.26 Å². The number of nitriles is 1. The molecule has 0 spiro atoms. The van der Waals surface area contributed by atoms with Crippen molar-refractivity contribution in [1.82, 2.24) is 10.3 Å². The average Bonchev–Trinajstić information content (AvgIpc) is 2.52. The highest BCUT2D eigenvalue weighted by atomic mass is 16.5.